The second kappa shape index (κ2) is 7.33. The van der Waals surface area contributed by atoms with E-state index in [0.29, 0.717) is 5.41 Å². The molecule has 2 N–H and O–H groups in total. The van der Waals surface area contributed by atoms with Crippen molar-refractivity contribution >= 4 is 5.96 Å². The first-order valence-electron chi connectivity index (χ1n) is 6.39. The van der Waals surface area contributed by atoms with Crippen molar-refractivity contribution in [3.63, 3.8) is 0 Å². The second-order valence-corrected chi connectivity index (χ2v) is 4.54. The molecule has 98 valence electrons. The molecule has 4 nitrogen and oxygen atoms in total. The first-order valence-corrected chi connectivity index (χ1v) is 6.39. The van der Waals surface area contributed by atoms with E-state index in [9.17, 15) is 0 Å². The first kappa shape index (κ1) is 14.0. The molecule has 1 aliphatic rings. The summed E-state index contributed by atoms with van der Waals surface area (Å²) in [5.74, 6) is 0.854. The Morgan fingerprint density at radius 3 is 2.76 bits per heavy atom. The lowest BCUT2D eigenvalue weighted by atomic mass is 10.0. The summed E-state index contributed by atoms with van der Waals surface area (Å²) in [6.45, 7) is 9.12. The molecule has 0 unspecified atom stereocenters. The van der Waals surface area contributed by atoms with Crippen LogP contribution in [0.4, 0.5) is 0 Å². The average molecular weight is 239 g/mol. The van der Waals surface area contributed by atoms with E-state index in [4.69, 9.17) is 4.74 Å². The molecule has 0 amide bonds. The predicted octanol–water partition coefficient (Wildman–Crippen LogP) is 1.54. The lowest BCUT2D eigenvalue weighted by molar-refractivity contribution is 0.128. The molecule has 0 saturated heterocycles. The summed E-state index contributed by atoms with van der Waals surface area (Å²) in [4.78, 5) is 4.17. The quantitative estimate of drug-likeness (QED) is 0.292. The molecule has 4 heteroatoms. The number of hydrogen-bond acceptors (Lipinski definition) is 2. The number of nitrogens with zero attached hydrogens (tertiary/aromatic N) is 1. The van der Waals surface area contributed by atoms with Crippen molar-refractivity contribution in [2.75, 3.05) is 33.4 Å². The fraction of sp³-hybridized carbons (Fsp3) is 0.769. The Labute approximate surface area is 105 Å². The lowest BCUT2D eigenvalue weighted by Gasteiger charge is -2.18. The summed E-state index contributed by atoms with van der Waals surface area (Å²) in [6.07, 6.45) is 5.57. The van der Waals surface area contributed by atoms with Crippen LogP contribution in [0.15, 0.2) is 17.6 Å². The van der Waals surface area contributed by atoms with Gasteiger partial charge >= 0.3 is 0 Å². The van der Waals surface area contributed by atoms with Gasteiger partial charge in [0.05, 0.1) is 0 Å². The molecular formula is C13H25N3O. The van der Waals surface area contributed by atoms with Gasteiger partial charge in [-0.15, -0.1) is 6.58 Å². The van der Waals surface area contributed by atoms with Gasteiger partial charge in [-0.1, -0.05) is 6.08 Å². The van der Waals surface area contributed by atoms with E-state index in [2.05, 4.69) is 22.2 Å². The fourth-order valence-electron chi connectivity index (χ4n) is 1.79. The number of ether oxygens (including phenoxy) is 1. The third-order valence-corrected chi connectivity index (χ3v) is 3.21. The van der Waals surface area contributed by atoms with Crippen LogP contribution < -0.4 is 10.6 Å². The van der Waals surface area contributed by atoms with E-state index in [-0.39, 0.29) is 0 Å². The normalized spacial score (nSPS) is 17.6. The molecule has 0 spiro atoms. The molecule has 0 atom stereocenters. The van der Waals surface area contributed by atoms with Crippen molar-refractivity contribution in [2.24, 2.45) is 10.4 Å². The van der Waals surface area contributed by atoms with Crippen LogP contribution in [-0.4, -0.2) is 39.3 Å². The smallest absolute Gasteiger partial charge is 0.191 e. The van der Waals surface area contributed by atoms with Crippen LogP contribution in [0.3, 0.4) is 0 Å². The maximum atomic E-state index is 5.42. The van der Waals surface area contributed by atoms with Gasteiger partial charge in [-0.25, -0.2) is 0 Å². The Bertz CT molecular complexity index is 259. The van der Waals surface area contributed by atoms with Crippen molar-refractivity contribution in [3.8, 4) is 0 Å². The largest absolute Gasteiger partial charge is 0.382 e. The number of guanidine groups is 1. The predicted molar refractivity (Wildman–Crippen MR) is 72.3 cm³/mol. The highest BCUT2D eigenvalue weighted by Crippen LogP contribution is 2.48. The van der Waals surface area contributed by atoms with E-state index in [1.165, 1.54) is 12.8 Å². The summed E-state index contributed by atoms with van der Waals surface area (Å²) in [6, 6.07) is 0. The van der Waals surface area contributed by atoms with E-state index < -0.39 is 0 Å². The Morgan fingerprint density at radius 2 is 2.24 bits per heavy atom. The van der Waals surface area contributed by atoms with Crippen LogP contribution in [0.1, 0.15) is 26.2 Å². The standard InChI is InChI=1S/C13H25N3O/c1-4-9-15-12(14-3)16-11-13(6-7-13)8-10-17-5-2/h4H,1,5-11H2,2-3H3,(H2,14,15,16). The van der Waals surface area contributed by atoms with Crippen molar-refractivity contribution in [2.45, 2.75) is 26.2 Å². The van der Waals surface area contributed by atoms with Gasteiger partial charge in [0.1, 0.15) is 0 Å². The van der Waals surface area contributed by atoms with Crippen LogP contribution in [0.5, 0.6) is 0 Å². The molecular weight excluding hydrogens is 214 g/mol. The first-order chi connectivity index (χ1) is 8.26. The van der Waals surface area contributed by atoms with Crippen LogP contribution in [-0.2, 0) is 4.74 Å². The molecule has 0 heterocycles. The topological polar surface area (TPSA) is 45.7 Å². The Kier molecular flexibility index (Phi) is 6.05. The van der Waals surface area contributed by atoms with Gasteiger partial charge in [-0.2, -0.15) is 0 Å². The summed E-state index contributed by atoms with van der Waals surface area (Å²) < 4.78 is 5.42. The van der Waals surface area contributed by atoms with Crippen LogP contribution >= 0.6 is 0 Å². The molecule has 0 aromatic heterocycles. The lowest BCUT2D eigenvalue weighted by Crippen LogP contribution is -2.40. The molecule has 0 radical (unpaired) electrons. The highest BCUT2D eigenvalue weighted by atomic mass is 16.5. The van der Waals surface area contributed by atoms with Crippen LogP contribution in [0.25, 0.3) is 0 Å². The van der Waals surface area contributed by atoms with E-state index in [1.54, 1.807) is 7.05 Å². The highest BCUT2D eigenvalue weighted by Gasteiger charge is 2.41. The SMILES string of the molecule is C=CCNC(=NC)NCC1(CCOCC)CC1. The molecule has 0 aromatic carbocycles. The molecule has 0 bridgehead atoms. The molecule has 0 aliphatic heterocycles. The van der Waals surface area contributed by atoms with Gasteiger partial charge in [0.15, 0.2) is 5.96 Å². The van der Waals surface area contributed by atoms with Gasteiger partial charge in [-0.05, 0) is 31.6 Å². The van der Waals surface area contributed by atoms with Gasteiger partial charge in [0.2, 0.25) is 0 Å². The summed E-state index contributed by atoms with van der Waals surface area (Å²) in [5, 5.41) is 6.55. The fourth-order valence-corrected chi connectivity index (χ4v) is 1.79. The number of rotatable bonds is 8. The van der Waals surface area contributed by atoms with E-state index in [0.717, 1.165) is 38.7 Å². The maximum absolute atomic E-state index is 5.42. The summed E-state index contributed by atoms with van der Waals surface area (Å²) in [5.41, 5.74) is 0.445. The van der Waals surface area contributed by atoms with Crippen molar-refractivity contribution in [1.29, 1.82) is 0 Å². The van der Waals surface area contributed by atoms with Gasteiger partial charge < -0.3 is 15.4 Å². The molecule has 1 fully saturated rings. The zero-order valence-electron chi connectivity index (χ0n) is 11.1. The third kappa shape index (κ3) is 5.22. The second-order valence-electron chi connectivity index (χ2n) is 4.54. The minimum atomic E-state index is 0.445. The van der Waals surface area contributed by atoms with E-state index in [1.807, 2.05) is 13.0 Å². The molecule has 1 saturated carbocycles. The Morgan fingerprint density at radius 1 is 1.47 bits per heavy atom. The van der Waals surface area contributed by atoms with Crippen LogP contribution in [0, 0.1) is 5.41 Å². The number of aliphatic imine (C=N–C) groups is 1. The summed E-state index contributed by atoms with van der Waals surface area (Å²) >= 11 is 0. The average Bonchev–Trinajstić information content (AvgIpc) is 3.10. The number of hydrogen-bond donors (Lipinski definition) is 2. The molecule has 17 heavy (non-hydrogen) atoms. The van der Waals surface area contributed by atoms with Crippen molar-refractivity contribution < 1.29 is 4.74 Å². The van der Waals surface area contributed by atoms with Crippen molar-refractivity contribution in [3.05, 3.63) is 12.7 Å². The zero-order valence-corrected chi connectivity index (χ0v) is 11.1. The molecule has 1 rings (SSSR count). The third-order valence-electron chi connectivity index (χ3n) is 3.21. The Balaban J connectivity index is 2.21. The van der Waals surface area contributed by atoms with E-state index >= 15 is 0 Å². The molecule has 1 aliphatic carbocycles. The number of nitrogens with one attached hydrogen (secondary N) is 2. The minimum absolute atomic E-state index is 0.445. The zero-order chi connectivity index (χ0) is 12.6. The maximum Gasteiger partial charge on any atom is 0.191 e. The van der Waals surface area contributed by atoms with Gasteiger partial charge in [-0.3, -0.25) is 4.99 Å². The Hall–Kier alpha value is -1.03. The van der Waals surface area contributed by atoms with Crippen molar-refractivity contribution in [1.82, 2.24) is 10.6 Å². The van der Waals surface area contributed by atoms with Gasteiger partial charge in [0, 0.05) is 33.4 Å². The minimum Gasteiger partial charge on any atom is -0.382 e. The highest BCUT2D eigenvalue weighted by molar-refractivity contribution is 5.79. The van der Waals surface area contributed by atoms with Gasteiger partial charge in [0.25, 0.3) is 0 Å². The van der Waals surface area contributed by atoms with Crippen LogP contribution in [0.2, 0.25) is 0 Å². The summed E-state index contributed by atoms with van der Waals surface area (Å²) in [7, 11) is 1.79. The molecule has 0 aromatic rings. The monoisotopic (exact) mass is 239 g/mol.